The maximum absolute atomic E-state index is 12.6. The van der Waals surface area contributed by atoms with E-state index < -0.39 is 0 Å². The van der Waals surface area contributed by atoms with E-state index in [1.165, 1.54) is 18.2 Å². The Morgan fingerprint density at radius 3 is 2.79 bits per heavy atom. The van der Waals surface area contributed by atoms with Crippen molar-refractivity contribution < 1.29 is 4.79 Å². The van der Waals surface area contributed by atoms with Gasteiger partial charge in [0.15, 0.2) is 0 Å². The topological polar surface area (TPSA) is 63.9 Å². The van der Waals surface area contributed by atoms with Gasteiger partial charge in [-0.25, -0.2) is 0 Å². The van der Waals surface area contributed by atoms with E-state index >= 15 is 0 Å². The maximum atomic E-state index is 12.6. The number of amides is 1. The Bertz CT molecular complexity index is 712. The standard InChI is InChI=1S/C16H20ClN5OS/c1-11-5-3-6-12(2)21(11)15(23)10-24-16-18-19-20-22(16)14-8-4-7-13(17)9-14/h4,7-9,11-12H,3,5-6,10H2,1-2H3/t11-,12-/m0/s1. The fourth-order valence-electron chi connectivity index (χ4n) is 3.15. The van der Waals surface area contributed by atoms with Gasteiger partial charge in [-0.3, -0.25) is 4.79 Å². The molecule has 1 fully saturated rings. The summed E-state index contributed by atoms with van der Waals surface area (Å²) in [6, 6.07) is 7.90. The van der Waals surface area contributed by atoms with Gasteiger partial charge in [0.05, 0.1) is 11.4 Å². The molecule has 1 aromatic carbocycles. The number of thioether (sulfide) groups is 1. The first kappa shape index (κ1) is 17.2. The van der Waals surface area contributed by atoms with Crippen LogP contribution in [0, 0.1) is 0 Å². The Kier molecular flexibility index (Phi) is 5.40. The Labute approximate surface area is 150 Å². The van der Waals surface area contributed by atoms with Gasteiger partial charge in [-0.2, -0.15) is 4.68 Å². The van der Waals surface area contributed by atoms with Crippen molar-refractivity contribution in [3.63, 3.8) is 0 Å². The fourth-order valence-corrected chi connectivity index (χ4v) is 4.10. The number of tetrazole rings is 1. The first-order chi connectivity index (χ1) is 11.6. The van der Waals surface area contributed by atoms with Crippen LogP contribution in [-0.2, 0) is 4.79 Å². The number of benzene rings is 1. The predicted molar refractivity (Wildman–Crippen MR) is 94.5 cm³/mol. The van der Waals surface area contributed by atoms with Crippen LogP contribution in [0.15, 0.2) is 29.4 Å². The first-order valence-corrected chi connectivity index (χ1v) is 9.41. The second-order valence-corrected chi connectivity index (χ2v) is 7.45. The number of carbonyl (C=O) groups excluding carboxylic acids is 1. The molecule has 0 saturated carbocycles. The third-order valence-corrected chi connectivity index (χ3v) is 5.44. The van der Waals surface area contributed by atoms with Gasteiger partial charge in [-0.05, 0) is 61.7 Å². The smallest absolute Gasteiger partial charge is 0.233 e. The van der Waals surface area contributed by atoms with Crippen molar-refractivity contribution in [1.82, 2.24) is 25.1 Å². The van der Waals surface area contributed by atoms with Crippen LogP contribution >= 0.6 is 23.4 Å². The normalized spacial score (nSPS) is 21.0. The number of hydrogen-bond acceptors (Lipinski definition) is 5. The number of aromatic nitrogens is 4. The largest absolute Gasteiger partial charge is 0.337 e. The molecule has 2 aromatic rings. The fraction of sp³-hybridized carbons (Fsp3) is 0.500. The summed E-state index contributed by atoms with van der Waals surface area (Å²) < 4.78 is 1.60. The molecule has 0 radical (unpaired) electrons. The van der Waals surface area contributed by atoms with Gasteiger partial charge in [0.1, 0.15) is 0 Å². The highest BCUT2D eigenvalue weighted by molar-refractivity contribution is 7.99. The molecule has 0 N–H and O–H groups in total. The lowest BCUT2D eigenvalue weighted by Gasteiger charge is -2.39. The maximum Gasteiger partial charge on any atom is 0.233 e. The number of hydrogen-bond donors (Lipinski definition) is 0. The van der Waals surface area contributed by atoms with E-state index in [0.717, 1.165) is 18.5 Å². The van der Waals surface area contributed by atoms with E-state index in [4.69, 9.17) is 11.6 Å². The average Bonchev–Trinajstić information content (AvgIpc) is 3.01. The Morgan fingerprint density at radius 1 is 1.33 bits per heavy atom. The molecule has 8 heteroatoms. The van der Waals surface area contributed by atoms with Crippen LogP contribution in [0.3, 0.4) is 0 Å². The van der Waals surface area contributed by atoms with Crippen molar-refractivity contribution in [2.75, 3.05) is 5.75 Å². The monoisotopic (exact) mass is 365 g/mol. The molecule has 3 rings (SSSR count). The third kappa shape index (κ3) is 3.72. The van der Waals surface area contributed by atoms with Crippen LogP contribution < -0.4 is 0 Å². The highest BCUT2D eigenvalue weighted by Crippen LogP contribution is 2.25. The molecule has 2 atom stereocenters. The summed E-state index contributed by atoms with van der Waals surface area (Å²) >= 11 is 7.38. The number of carbonyl (C=O) groups is 1. The lowest BCUT2D eigenvalue weighted by Crippen LogP contribution is -2.48. The van der Waals surface area contributed by atoms with E-state index in [-0.39, 0.29) is 5.91 Å². The van der Waals surface area contributed by atoms with Crippen LogP contribution in [0.1, 0.15) is 33.1 Å². The Morgan fingerprint density at radius 2 is 2.08 bits per heavy atom. The van der Waals surface area contributed by atoms with E-state index in [1.54, 1.807) is 16.8 Å². The predicted octanol–water partition coefficient (Wildman–Crippen LogP) is 3.20. The van der Waals surface area contributed by atoms with E-state index in [9.17, 15) is 4.79 Å². The zero-order valence-electron chi connectivity index (χ0n) is 13.7. The van der Waals surface area contributed by atoms with Gasteiger partial charge >= 0.3 is 0 Å². The zero-order valence-corrected chi connectivity index (χ0v) is 15.3. The molecule has 1 aromatic heterocycles. The molecule has 2 heterocycles. The molecule has 0 bridgehead atoms. The Balaban J connectivity index is 1.69. The molecule has 1 aliphatic heterocycles. The summed E-state index contributed by atoms with van der Waals surface area (Å²) in [4.78, 5) is 14.6. The minimum Gasteiger partial charge on any atom is -0.337 e. The highest BCUT2D eigenvalue weighted by atomic mass is 35.5. The molecule has 24 heavy (non-hydrogen) atoms. The molecule has 1 saturated heterocycles. The van der Waals surface area contributed by atoms with Gasteiger partial charge < -0.3 is 4.90 Å². The zero-order chi connectivity index (χ0) is 17.1. The molecular formula is C16H20ClN5OS. The number of halogens is 1. The van der Waals surface area contributed by atoms with Crippen LogP contribution in [-0.4, -0.2) is 48.9 Å². The molecule has 0 spiro atoms. The van der Waals surface area contributed by atoms with E-state index in [0.29, 0.717) is 28.0 Å². The molecular weight excluding hydrogens is 346 g/mol. The summed E-state index contributed by atoms with van der Waals surface area (Å²) in [7, 11) is 0. The summed E-state index contributed by atoms with van der Waals surface area (Å²) in [6.07, 6.45) is 3.33. The molecule has 1 aliphatic rings. The minimum absolute atomic E-state index is 0.139. The molecule has 0 aliphatic carbocycles. The van der Waals surface area contributed by atoms with E-state index in [1.807, 2.05) is 17.0 Å². The van der Waals surface area contributed by atoms with Crippen molar-refractivity contribution in [3.05, 3.63) is 29.3 Å². The minimum atomic E-state index is 0.139. The van der Waals surface area contributed by atoms with Crippen molar-refractivity contribution >= 4 is 29.3 Å². The molecule has 1 amide bonds. The van der Waals surface area contributed by atoms with Crippen molar-refractivity contribution in [1.29, 1.82) is 0 Å². The number of piperidine rings is 1. The average molecular weight is 366 g/mol. The SMILES string of the molecule is C[C@H]1CCC[C@H](C)N1C(=O)CSc1nnnn1-c1cccc(Cl)c1. The van der Waals surface area contributed by atoms with Gasteiger partial charge in [0.2, 0.25) is 11.1 Å². The van der Waals surface area contributed by atoms with Gasteiger partial charge in [-0.15, -0.1) is 5.10 Å². The first-order valence-electron chi connectivity index (χ1n) is 8.04. The number of rotatable bonds is 4. The quantitative estimate of drug-likeness (QED) is 0.778. The van der Waals surface area contributed by atoms with Crippen LogP contribution in [0.25, 0.3) is 5.69 Å². The Hall–Kier alpha value is -1.60. The molecule has 6 nitrogen and oxygen atoms in total. The second kappa shape index (κ2) is 7.53. The summed E-state index contributed by atoms with van der Waals surface area (Å²) in [5.41, 5.74) is 0.780. The highest BCUT2D eigenvalue weighted by Gasteiger charge is 2.29. The molecule has 0 unspecified atom stereocenters. The summed E-state index contributed by atoms with van der Waals surface area (Å²) in [5, 5.41) is 13.0. The van der Waals surface area contributed by atoms with E-state index in [2.05, 4.69) is 29.4 Å². The lowest BCUT2D eigenvalue weighted by atomic mass is 9.98. The van der Waals surface area contributed by atoms with Gasteiger partial charge in [-0.1, -0.05) is 29.4 Å². The van der Waals surface area contributed by atoms with Crippen molar-refractivity contribution in [2.24, 2.45) is 0 Å². The lowest BCUT2D eigenvalue weighted by molar-refractivity contribution is -0.134. The summed E-state index contributed by atoms with van der Waals surface area (Å²) in [6.45, 7) is 4.24. The van der Waals surface area contributed by atoms with Crippen molar-refractivity contribution in [3.8, 4) is 5.69 Å². The van der Waals surface area contributed by atoms with Gasteiger partial charge in [0, 0.05) is 17.1 Å². The van der Waals surface area contributed by atoms with Crippen LogP contribution in [0.4, 0.5) is 0 Å². The van der Waals surface area contributed by atoms with Crippen molar-refractivity contribution in [2.45, 2.75) is 50.4 Å². The summed E-state index contributed by atoms with van der Waals surface area (Å²) in [5.74, 6) is 0.468. The number of nitrogens with zero attached hydrogens (tertiary/aromatic N) is 5. The third-order valence-electron chi connectivity index (χ3n) is 4.30. The number of likely N-dealkylation sites (tertiary alicyclic amines) is 1. The van der Waals surface area contributed by atoms with Crippen LogP contribution in [0.2, 0.25) is 5.02 Å². The van der Waals surface area contributed by atoms with Crippen LogP contribution in [0.5, 0.6) is 0 Å². The second-order valence-electron chi connectivity index (χ2n) is 6.07. The van der Waals surface area contributed by atoms with Gasteiger partial charge in [0.25, 0.3) is 0 Å². The molecule has 128 valence electrons.